The van der Waals surface area contributed by atoms with E-state index in [4.69, 9.17) is 4.84 Å². The lowest BCUT2D eigenvalue weighted by Crippen LogP contribution is -2.50. The first-order chi connectivity index (χ1) is 14.0. The van der Waals surface area contributed by atoms with E-state index in [0.29, 0.717) is 39.0 Å². The summed E-state index contributed by atoms with van der Waals surface area (Å²) in [6.07, 6.45) is 4.97. The number of carbonyl (C=O) groups is 1. The van der Waals surface area contributed by atoms with E-state index in [0.717, 1.165) is 29.6 Å². The number of anilines is 1. The Hall–Kier alpha value is -1.67. The first kappa shape index (κ1) is 23.6. The normalized spacial score (nSPS) is 16.0. The number of nitrogens with one attached hydrogen (secondary N) is 1. The fraction of sp³-hybridized carbons (Fsp3) is 0.579. The molecule has 29 heavy (non-hydrogen) atoms. The van der Waals surface area contributed by atoms with Crippen LogP contribution in [0.2, 0.25) is 0 Å². The molecule has 1 saturated heterocycles. The molecule has 0 aliphatic carbocycles. The Labute approximate surface area is 181 Å². The van der Waals surface area contributed by atoms with Crippen molar-refractivity contribution in [2.75, 3.05) is 36.8 Å². The van der Waals surface area contributed by atoms with E-state index >= 15 is 0 Å². The Kier molecular flexibility index (Phi) is 9.87. The van der Waals surface area contributed by atoms with Crippen LogP contribution in [0.1, 0.15) is 32.6 Å². The molecule has 160 valence electrons. The number of halogens is 1. The molecule has 1 aromatic rings. The van der Waals surface area contributed by atoms with Crippen molar-refractivity contribution in [2.24, 2.45) is 0 Å². The maximum atomic E-state index is 12.8. The summed E-state index contributed by atoms with van der Waals surface area (Å²) in [5, 5.41) is 0. The molecule has 2 heterocycles. The predicted molar refractivity (Wildman–Crippen MR) is 116 cm³/mol. The van der Waals surface area contributed by atoms with Gasteiger partial charge in [0.1, 0.15) is 11.6 Å². The molecule has 1 atom stereocenters. The topological polar surface area (TPSA) is 91.8 Å². The number of amides is 1. The first-order valence-corrected chi connectivity index (χ1v) is 12.0. The number of nitrogens with zero attached hydrogens (tertiary/aromatic N) is 3. The van der Waals surface area contributed by atoms with Crippen molar-refractivity contribution >= 4 is 38.2 Å². The van der Waals surface area contributed by atoms with Crippen LogP contribution in [0.15, 0.2) is 22.8 Å². The molecule has 1 aromatic heterocycles. The molecule has 1 N–H and O–H groups in total. The largest absolute Gasteiger partial charge is 0.354 e. The summed E-state index contributed by atoms with van der Waals surface area (Å²) in [5.74, 6) is 6.30. The van der Waals surface area contributed by atoms with E-state index in [-0.39, 0.29) is 5.75 Å². The van der Waals surface area contributed by atoms with Gasteiger partial charge in [-0.25, -0.2) is 18.9 Å². The number of piperazine rings is 1. The Morgan fingerprint density at radius 2 is 2.07 bits per heavy atom. The van der Waals surface area contributed by atoms with Gasteiger partial charge in [-0.3, -0.25) is 9.63 Å². The van der Waals surface area contributed by atoms with E-state index in [1.807, 2.05) is 17.0 Å². The lowest BCUT2D eigenvalue weighted by atomic mass is 10.2. The number of aromatic nitrogens is 1. The van der Waals surface area contributed by atoms with E-state index in [9.17, 15) is 13.2 Å². The van der Waals surface area contributed by atoms with Crippen LogP contribution in [0.25, 0.3) is 0 Å². The van der Waals surface area contributed by atoms with Crippen LogP contribution in [-0.4, -0.2) is 62.2 Å². The number of carbonyl (C=O) groups excluding carboxylic acids is 1. The smallest absolute Gasteiger partial charge is 0.230 e. The van der Waals surface area contributed by atoms with Crippen LogP contribution in [0, 0.1) is 11.8 Å². The first-order valence-electron chi connectivity index (χ1n) is 9.64. The summed E-state index contributed by atoms with van der Waals surface area (Å²) in [4.78, 5) is 22.0. The Bertz CT molecular complexity index is 800. The molecule has 0 aromatic carbocycles. The quantitative estimate of drug-likeness (QED) is 0.235. The van der Waals surface area contributed by atoms with E-state index < -0.39 is 16.1 Å². The minimum absolute atomic E-state index is 0.300. The van der Waals surface area contributed by atoms with E-state index in [1.54, 1.807) is 6.20 Å². The van der Waals surface area contributed by atoms with E-state index in [2.05, 4.69) is 45.2 Å². The second-order valence-electron chi connectivity index (χ2n) is 6.62. The average molecular weight is 487 g/mol. The molecule has 2 rings (SSSR count). The van der Waals surface area contributed by atoms with Crippen molar-refractivity contribution in [1.29, 1.82) is 0 Å². The molecule has 0 radical (unpaired) electrons. The van der Waals surface area contributed by atoms with Crippen molar-refractivity contribution in [2.45, 2.75) is 38.7 Å². The van der Waals surface area contributed by atoms with Crippen molar-refractivity contribution in [3.8, 4) is 11.8 Å². The fourth-order valence-electron chi connectivity index (χ4n) is 2.91. The zero-order valence-corrected chi connectivity index (χ0v) is 18.9. The lowest BCUT2D eigenvalue weighted by Gasteiger charge is -2.35. The summed E-state index contributed by atoms with van der Waals surface area (Å²) in [6, 6.07) is 3.81. The number of unbranched alkanes of at least 4 members (excludes halogenated alkanes) is 3. The van der Waals surface area contributed by atoms with Crippen molar-refractivity contribution in [1.82, 2.24) is 14.8 Å². The van der Waals surface area contributed by atoms with Gasteiger partial charge in [0.15, 0.2) is 6.10 Å². The molecule has 1 aliphatic rings. The third kappa shape index (κ3) is 7.93. The molecule has 10 heteroatoms. The van der Waals surface area contributed by atoms with Crippen LogP contribution in [0.4, 0.5) is 5.82 Å². The maximum Gasteiger partial charge on any atom is 0.230 e. The summed E-state index contributed by atoms with van der Waals surface area (Å²) in [7, 11) is -3.58. The van der Waals surface area contributed by atoms with Crippen LogP contribution >= 0.6 is 15.9 Å². The molecule has 1 aliphatic heterocycles. The Morgan fingerprint density at radius 3 is 2.69 bits per heavy atom. The molecular weight excluding hydrogens is 460 g/mol. The number of pyridine rings is 1. The van der Waals surface area contributed by atoms with Crippen LogP contribution in [0.3, 0.4) is 0 Å². The molecule has 1 amide bonds. The van der Waals surface area contributed by atoms with Gasteiger partial charge in [0.25, 0.3) is 0 Å². The van der Waals surface area contributed by atoms with Gasteiger partial charge >= 0.3 is 0 Å². The highest BCUT2D eigenvalue weighted by Gasteiger charge is 2.30. The third-order valence-electron chi connectivity index (χ3n) is 4.46. The molecule has 1 unspecified atom stereocenters. The highest BCUT2D eigenvalue weighted by molar-refractivity contribution is 9.10. The SMILES string of the molecule is CCCCCC#CC(CS(=O)(=O)N1CCN(c2ccc(Br)cn2)CC1)ONC=O. The minimum Gasteiger partial charge on any atom is -0.354 e. The predicted octanol–water partition coefficient (Wildman–Crippen LogP) is 1.93. The standard InChI is InChI=1S/C19H27BrN4O4S/c1-2-3-4-5-6-7-18(28-22-16-25)15-29(26,27)24-12-10-23(11-13-24)19-9-8-17(20)14-21-19/h8-9,14,16,18H,2-5,10-13,15H2,1H3,(H,22,25). The average Bonchev–Trinajstić information content (AvgIpc) is 2.72. The molecule has 8 nitrogen and oxygen atoms in total. The Balaban J connectivity index is 1.93. The molecule has 0 bridgehead atoms. The number of rotatable bonds is 10. The number of hydroxylamine groups is 1. The monoisotopic (exact) mass is 486 g/mol. The second-order valence-corrected chi connectivity index (χ2v) is 9.55. The molecule has 0 saturated carbocycles. The van der Waals surface area contributed by atoms with Crippen LogP contribution < -0.4 is 10.4 Å². The van der Waals surface area contributed by atoms with Gasteiger partial charge in [-0.15, -0.1) is 5.92 Å². The molecular formula is C19H27BrN4O4S. The zero-order chi connectivity index (χ0) is 21.1. The van der Waals surface area contributed by atoms with E-state index in [1.165, 1.54) is 4.31 Å². The third-order valence-corrected chi connectivity index (χ3v) is 6.80. The number of hydrogen-bond acceptors (Lipinski definition) is 6. The highest BCUT2D eigenvalue weighted by atomic mass is 79.9. The highest BCUT2D eigenvalue weighted by Crippen LogP contribution is 2.18. The minimum atomic E-state index is -3.58. The fourth-order valence-corrected chi connectivity index (χ4v) is 4.61. The van der Waals surface area contributed by atoms with Crippen molar-refractivity contribution in [3.05, 3.63) is 22.8 Å². The number of hydrogen-bond donors (Lipinski definition) is 1. The number of sulfonamides is 1. The van der Waals surface area contributed by atoms with Gasteiger partial charge in [-0.2, -0.15) is 4.31 Å². The van der Waals surface area contributed by atoms with Gasteiger partial charge < -0.3 is 4.90 Å². The zero-order valence-electron chi connectivity index (χ0n) is 16.5. The van der Waals surface area contributed by atoms with Crippen molar-refractivity contribution in [3.63, 3.8) is 0 Å². The summed E-state index contributed by atoms with van der Waals surface area (Å²) < 4.78 is 27.9. The maximum absolute atomic E-state index is 12.8. The van der Waals surface area contributed by atoms with Crippen LogP contribution in [0.5, 0.6) is 0 Å². The second kappa shape index (κ2) is 12.1. The summed E-state index contributed by atoms with van der Waals surface area (Å²) >= 11 is 3.36. The van der Waals surface area contributed by atoms with Gasteiger partial charge in [0, 0.05) is 43.3 Å². The summed E-state index contributed by atoms with van der Waals surface area (Å²) in [5.41, 5.74) is 2.07. The van der Waals surface area contributed by atoms with Gasteiger partial charge in [-0.05, 0) is 34.5 Å². The summed E-state index contributed by atoms with van der Waals surface area (Å²) in [6.45, 7) is 3.92. The van der Waals surface area contributed by atoms with Crippen molar-refractivity contribution < 1.29 is 18.0 Å². The van der Waals surface area contributed by atoms with Gasteiger partial charge in [0.05, 0.1) is 0 Å². The lowest BCUT2D eigenvalue weighted by molar-refractivity contribution is -0.122. The Morgan fingerprint density at radius 1 is 1.31 bits per heavy atom. The molecule has 0 spiro atoms. The van der Waals surface area contributed by atoms with Gasteiger partial charge in [0.2, 0.25) is 16.4 Å². The van der Waals surface area contributed by atoms with Crippen LogP contribution in [-0.2, 0) is 19.7 Å². The van der Waals surface area contributed by atoms with Gasteiger partial charge in [-0.1, -0.05) is 25.7 Å². The molecule has 1 fully saturated rings.